The number of hydrogen-bond donors (Lipinski definition) is 1. The van der Waals surface area contributed by atoms with E-state index in [0.29, 0.717) is 6.54 Å². The minimum Gasteiger partial charge on any atom is -0.324 e. The number of nitrogens with zero attached hydrogens (tertiary/aromatic N) is 4. The molecular weight excluding hydrogens is 246 g/mol. The maximum Gasteiger partial charge on any atom is 0.191 e. The predicted octanol–water partition coefficient (Wildman–Crippen LogP) is 1.33. The summed E-state index contributed by atoms with van der Waals surface area (Å²) in [5, 5.41) is 9.35. The molecule has 1 aromatic rings. The molecule has 102 valence electrons. The summed E-state index contributed by atoms with van der Waals surface area (Å²) in [4.78, 5) is 2.55. The smallest absolute Gasteiger partial charge is 0.191 e. The molecule has 0 spiro atoms. The van der Waals surface area contributed by atoms with Gasteiger partial charge in [0.05, 0.1) is 6.54 Å². The summed E-state index contributed by atoms with van der Waals surface area (Å²) < 4.78 is 2.11. The SMILES string of the molecule is CCn1c(CN)nnc1SCCN1CCCCC1. The zero-order valence-electron chi connectivity index (χ0n) is 11.1. The molecule has 0 aliphatic carbocycles. The first-order chi connectivity index (χ1) is 8.85. The predicted molar refractivity (Wildman–Crippen MR) is 74.6 cm³/mol. The van der Waals surface area contributed by atoms with Gasteiger partial charge in [-0.3, -0.25) is 0 Å². The van der Waals surface area contributed by atoms with Gasteiger partial charge in [0, 0.05) is 18.8 Å². The first-order valence-corrected chi connectivity index (χ1v) is 7.81. The Morgan fingerprint density at radius 3 is 2.67 bits per heavy atom. The number of nitrogens with two attached hydrogens (primary N) is 1. The summed E-state index contributed by atoms with van der Waals surface area (Å²) in [5.74, 6) is 1.97. The molecule has 2 heterocycles. The topological polar surface area (TPSA) is 60.0 Å². The van der Waals surface area contributed by atoms with Gasteiger partial charge < -0.3 is 15.2 Å². The van der Waals surface area contributed by atoms with Crippen LogP contribution in [-0.4, -0.2) is 45.1 Å². The Labute approximate surface area is 113 Å². The number of likely N-dealkylation sites (tertiary alicyclic amines) is 1. The second-order valence-corrected chi connectivity index (χ2v) is 5.66. The van der Waals surface area contributed by atoms with Crippen molar-refractivity contribution in [2.24, 2.45) is 5.73 Å². The highest BCUT2D eigenvalue weighted by Gasteiger charge is 2.12. The van der Waals surface area contributed by atoms with Crippen LogP contribution in [0.1, 0.15) is 32.0 Å². The first-order valence-electron chi connectivity index (χ1n) is 6.82. The Balaban J connectivity index is 1.80. The van der Waals surface area contributed by atoms with Crippen LogP contribution in [0.4, 0.5) is 0 Å². The van der Waals surface area contributed by atoms with Crippen LogP contribution in [0.25, 0.3) is 0 Å². The summed E-state index contributed by atoms with van der Waals surface area (Å²) in [6.45, 7) is 7.14. The van der Waals surface area contributed by atoms with Gasteiger partial charge in [-0.25, -0.2) is 0 Å². The number of rotatable bonds is 6. The van der Waals surface area contributed by atoms with Gasteiger partial charge in [0.1, 0.15) is 5.82 Å². The largest absolute Gasteiger partial charge is 0.324 e. The first kappa shape index (κ1) is 13.8. The van der Waals surface area contributed by atoms with Gasteiger partial charge in [-0.2, -0.15) is 0 Å². The molecular formula is C12H23N5S. The number of hydrogen-bond acceptors (Lipinski definition) is 5. The minimum absolute atomic E-state index is 0.466. The summed E-state index contributed by atoms with van der Waals surface area (Å²) in [6.07, 6.45) is 4.11. The fourth-order valence-corrected chi connectivity index (χ4v) is 3.36. The molecule has 1 aliphatic heterocycles. The van der Waals surface area contributed by atoms with Crippen LogP contribution in [0.15, 0.2) is 5.16 Å². The van der Waals surface area contributed by atoms with Gasteiger partial charge in [-0.15, -0.1) is 10.2 Å². The minimum atomic E-state index is 0.466. The zero-order valence-corrected chi connectivity index (χ0v) is 12.0. The Morgan fingerprint density at radius 1 is 1.22 bits per heavy atom. The highest BCUT2D eigenvalue weighted by Crippen LogP contribution is 2.18. The lowest BCUT2D eigenvalue weighted by atomic mass is 10.1. The highest BCUT2D eigenvalue weighted by molar-refractivity contribution is 7.99. The van der Waals surface area contributed by atoms with E-state index in [4.69, 9.17) is 5.73 Å². The summed E-state index contributed by atoms with van der Waals surface area (Å²) in [6, 6.07) is 0. The van der Waals surface area contributed by atoms with Crippen molar-refractivity contribution in [3.63, 3.8) is 0 Å². The van der Waals surface area contributed by atoms with Crippen molar-refractivity contribution >= 4 is 11.8 Å². The van der Waals surface area contributed by atoms with Crippen LogP contribution in [0.5, 0.6) is 0 Å². The average Bonchev–Trinajstić information content (AvgIpc) is 2.82. The molecule has 0 saturated carbocycles. The molecule has 0 atom stereocenters. The van der Waals surface area contributed by atoms with Crippen LogP contribution in [0, 0.1) is 0 Å². The lowest BCUT2D eigenvalue weighted by molar-refractivity contribution is 0.242. The Bertz CT molecular complexity index is 359. The Hall–Kier alpha value is -0.590. The zero-order chi connectivity index (χ0) is 12.8. The van der Waals surface area contributed by atoms with E-state index in [9.17, 15) is 0 Å². The quantitative estimate of drug-likeness (QED) is 0.790. The summed E-state index contributed by atoms with van der Waals surface area (Å²) in [7, 11) is 0. The number of aromatic nitrogens is 3. The van der Waals surface area contributed by atoms with E-state index in [-0.39, 0.29) is 0 Å². The van der Waals surface area contributed by atoms with Crippen LogP contribution in [0.2, 0.25) is 0 Å². The van der Waals surface area contributed by atoms with E-state index in [1.165, 1.54) is 32.4 Å². The molecule has 1 saturated heterocycles. The monoisotopic (exact) mass is 269 g/mol. The molecule has 1 aliphatic rings. The second-order valence-electron chi connectivity index (χ2n) is 4.60. The molecule has 18 heavy (non-hydrogen) atoms. The lowest BCUT2D eigenvalue weighted by Crippen LogP contribution is -2.31. The van der Waals surface area contributed by atoms with E-state index in [0.717, 1.165) is 29.8 Å². The standard InChI is InChI=1S/C12H23N5S/c1-2-17-11(10-13)14-15-12(17)18-9-8-16-6-4-3-5-7-16/h2-10,13H2,1H3. The number of thioether (sulfide) groups is 1. The molecule has 0 aromatic carbocycles. The van der Waals surface area contributed by atoms with Crippen LogP contribution in [0.3, 0.4) is 0 Å². The molecule has 1 aromatic heterocycles. The molecule has 1 fully saturated rings. The van der Waals surface area contributed by atoms with Crippen molar-refractivity contribution in [3.05, 3.63) is 5.82 Å². The van der Waals surface area contributed by atoms with E-state index >= 15 is 0 Å². The Kier molecular flexibility index (Phi) is 5.46. The van der Waals surface area contributed by atoms with Crippen molar-refractivity contribution < 1.29 is 0 Å². The van der Waals surface area contributed by atoms with Gasteiger partial charge in [0.25, 0.3) is 0 Å². The highest BCUT2D eigenvalue weighted by atomic mass is 32.2. The van der Waals surface area contributed by atoms with Gasteiger partial charge >= 0.3 is 0 Å². The van der Waals surface area contributed by atoms with Crippen LogP contribution in [-0.2, 0) is 13.1 Å². The van der Waals surface area contributed by atoms with Gasteiger partial charge in [-0.05, 0) is 32.9 Å². The summed E-state index contributed by atoms with van der Waals surface area (Å²) in [5.41, 5.74) is 5.64. The fraction of sp³-hybridized carbons (Fsp3) is 0.833. The molecule has 0 unspecified atom stereocenters. The van der Waals surface area contributed by atoms with Crippen LogP contribution >= 0.6 is 11.8 Å². The van der Waals surface area contributed by atoms with E-state index in [1.54, 1.807) is 11.8 Å². The average molecular weight is 269 g/mol. The van der Waals surface area contributed by atoms with E-state index in [1.807, 2.05) is 0 Å². The van der Waals surface area contributed by atoms with Crippen molar-refractivity contribution in [2.45, 2.75) is 44.4 Å². The molecule has 0 radical (unpaired) electrons. The lowest BCUT2D eigenvalue weighted by Gasteiger charge is -2.25. The molecule has 0 amide bonds. The number of piperidine rings is 1. The fourth-order valence-electron chi connectivity index (χ4n) is 2.34. The summed E-state index contributed by atoms with van der Waals surface area (Å²) >= 11 is 1.79. The third-order valence-corrected chi connectivity index (χ3v) is 4.33. The molecule has 2 rings (SSSR count). The second kappa shape index (κ2) is 7.11. The van der Waals surface area contributed by atoms with Crippen molar-refractivity contribution in [3.8, 4) is 0 Å². The molecule has 0 bridgehead atoms. The van der Waals surface area contributed by atoms with Gasteiger partial charge in [0.15, 0.2) is 5.16 Å². The third-order valence-electron chi connectivity index (χ3n) is 3.38. The van der Waals surface area contributed by atoms with E-state index < -0.39 is 0 Å². The molecule has 5 nitrogen and oxygen atoms in total. The molecule has 6 heteroatoms. The Morgan fingerprint density at radius 2 is 2.00 bits per heavy atom. The third kappa shape index (κ3) is 3.46. The molecule has 2 N–H and O–H groups in total. The van der Waals surface area contributed by atoms with Crippen molar-refractivity contribution in [2.75, 3.05) is 25.4 Å². The van der Waals surface area contributed by atoms with Crippen molar-refractivity contribution in [1.29, 1.82) is 0 Å². The normalized spacial score (nSPS) is 17.2. The van der Waals surface area contributed by atoms with Crippen molar-refractivity contribution in [1.82, 2.24) is 19.7 Å². The maximum atomic E-state index is 5.64. The maximum absolute atomic E-state index is 5.64. The van der Waals surface area contributed by atoms with E-state index in [2.05, 4.69) is 26.6 Å². The van der Waals surface area contributed by atoms with Gasteiger partial charge in [-0.1, -0.05) is 18.2 Å². The van der Waals surface area contributed by atoms with Crippen LogP contribution < -0.4 is 5.73 Å². The van der Waals surface area contributed by atoms with Gasteiger partial charge in [0.2, 0.25) is 0 Å².